The van der Waals surface area contributed by atoms with Gasteiger partial charge in [-0.25, -0.2) is 0 Å². The zero-order valence-corrected chi connectivity index (χ0v) is 8.82. The fourth-order valence-corrected chi connectivity index (χ4v) is 1.13. The van der Waals surface area contributed by atoms with Crippen LogP contribution in [0, 0.1) is 10.1 Å². The highest BCUT2D eigenvalue weighted by molar-refractivity contribution is 5.99. The summed E-state index contributed by atoms with van der Waals surface area (Å²) in [4.78, 5) is 21.1. The summed E-state index contributed by atoms with van der Waals surface area (Å²) in [5.41, 5.74) is 4.43. The van der Waals surface area contributed by atoms with E-state index in [4.69, 9.17) is 5.73 Å². The van der Waals surface area contributed by atoms with Crippen molar-refractivity contribution in [2.24, 2.45) is 0 Å². The van der Waals surface area contributed by atoms with Gasteiger partial charge in [0.05, 0.1) is 10.5 Å². The number of carbonyl (C=O) groups excluding carboxylic acids is 1. The van der Waals surface area contributed by atoms with E-state index in [1.807, 2.05) is 0 Å². The van der Waals surface area contributed by atoms with Crippen LogP contribution in [-0.2, 0) is 0 Å². The molecule has 0 radical (unpaired) electrons. The van der Waals surface area contributed by atoms with Crippen molar-refractivity contribution in [2.45, 2.75) is 6.18 Å². The Hall–Kier alpha value is -2.32. The molecule has 0 aliphatic heterocycles. The Morgan fingerprint density at radius 3 is 2.56 bits per heavy atom. The summed E-state index contributed by atoms with van der Waals surface area (Å²) in [5, 5.41) is 12.0. The van der Waals surface area contributed by atoms with E-state index in [2.05, 4.69) is 0 Å². The van der Waals surface area contributed by atoms with Crippen LogP contribution < -0.4 is 11.1 Å². The maximum atomic E-state index is 11.9. The first-order chi connectivity index (χ1) is 8.20. The first kappa shape index (κ1) is 13.7. The number of hydrogen-bond acceptors (Lipinski definition) is 4. The van der Waals surface area contributed by atoms with Crippen LogP contribution in [0.25, 0.3) is 0 Å². The fraction of sp³-hybridized carbons (Fsp3) is 0.222. The molecule has 0 aliphatic carbocycles. The van der Waals surface area contributed by atoms with Gasteiger partial charge in [-0.2, -0.15) is 13.2 Å². The highest BCUT2D eigenvalue weighted by Crippen LogP contribution is 2.20. The second-order valence-electron chi connectivity index (χ2n) is 3.33. The lowest BCUT2D eigenvalue weighted by Crippen LogP contribution is -2.34. The third-order valence-corrected chi connectivity index (χ3v) is 1.94. The SMILES string of the molecule is Nc1ccc([N+](=O)[O-])cc1C(=O)NCC(F)(F)F. The van der Waals surface area contributed by atoms with Crippen molar-refractivity contribution in [1.29, 1.82) is 0 Å². The van der Waals surface area contributed by atoms with Crippen LogP contribution in [0.4, 0.5) is 24.5 Å². The number of nitrogen functional groups attached to an aromatic ring is 1. The number of non-ortho nitro benzene ring substituents is 1. The summed E-state index contributed by atoms with van der Waals surface area (Å²) in [7, 11) is 0. The third-order valence-electron chi connectivity index (χ3n) is 1.94. The number of nitrogens with two attached hydrogens (primary N) is 1. The van der Waals surface area contributed by atoms with E-state index >= 15 is 0 Å². The van der Waals surface area contributed by atoms with Crippen molar-refractivity contribution in [3.8, 4) is 0 Å². The minimum atomic E-state index is -4.56. The van der Waals surface area contributed by atoms with E-state index < -0.39 is 29.2 Å². The number of amides is 1. The van der Waals surface area contributed by atoms with Crippen LogP contribution in [-0.4, -0.2) is 23.6 Å². The molecule has 0 aromatic heterocycles. The highest BCUT2D eigenvalue weighted by atomic mass is 19.4. The number of nitrogens with one attached hydrogen (secondary N) is 1. The van der Waals surface area contributed by atoms with Crippen molar-refractivity contribution in [3.05, 3.63) is 33.9 Å². The van der Waals surface area contributed by atoms with Gasteiger partial charge in [-0.3, -0.25) is 14.9 Å². The molecular formula is C9H8F3N3O3. The van der Waals surface area contributed by atoms with E-state index in [1.165, 1.54) is 0 Å². The second kappa shape index (κ2) is 4.90. The molecule has 0 bridgehead atoms. The van der Waals surface area contributed by atoms with Crippen molar-refractivity contribution < 1.29 is 22.9 Å². The molecule has 1 amide bonds. The topological polar surface area (TPSA) is 98.3 Å². The number of halogens is 3. The van der Waals surface area contributed by atoms with Gasteiger partial charge in [-0.15, -0.1) is 0 Å². The minimum Gasteiger partial charge on any atom is -0.398 e. The van der Waals surface area contributed by atoms with Crippen LogP contribution in [0.3, 0.4) is 0 Å². The van der Waals surface area contributed by atoms with Crippen molar-refractivity contribution in [3.63, 3.8) is 0 Å². The molecule has 9 heteroatoms. The number of nitro benzene ring substituents is 1. The minimum absolute atomic E-state index is 0.139. The predicted molar refractivity (Wildman–Crippen MR) is 55.9 cm³/mol. The Labute approximate surface area is 98.7 Å². The summed E-state index contributed by atoms with van der Waals surface area (Å²) in [6.07, 6.45) is -4.56. The number of alkyl halides is 3. The van der Waals surface area contributed by atoms with E-state index in [9.17, 15) is 28.1 Å². The van der Waals surface area contributed by atoms with Crippen LogP contribution in [0.5, 0.6) is 0 Å². The van der Waals surface area contributed by atoms with Gasteiger partial charge in [0, 0.05) is 17.8 Å². The first-order valence-electron chi connectivity index (χ1n) is 4.59. The molecule has 18 heavy (non-hydrogen) atoms. The molecule has 0 aliphatic rings. The first-order valence-corrected chi connectivity index (χ1v) is 4.59. The van der Waals surface area contributed by atoms with E-state index in [-0.39, 0.29) is 11.3 Å². The van der Waals surface area contributed by atoms with Crippen LogP contribution in [0.15, 0.2) is 18.2 Å². The van der Waals surface area contributed by atoms with Gasteiger partial charge in [0.25, 0.3) is 11.6 Å². The summed E-state index contributed by atoms with van der Waals surface area (Å²) >= 11 is 0. The predicted octanol–water partition coefficient (Wildman–Crippen LogP) is 1.47. The standard InChI is InChI=1S/C9H8F3N3O3/c10-9(11,12)4-14-8(16)6-3-5(15(17)18)1-2-7(6)13/h1-3H,4,13H2,(H,14,16). The molecule has 6 nitrogen and oxygen atoms in total. The average Bonchev–Trinajstić information content (AvgIpc) is 2.25. The molecule has 0 fully saturated rings. The van der Waals surface area contributed by atoms with Gasteiger partial charge in [0.1, 0.15) is 6.54 Å². The molecule has 0 heterocycles. The van der Waals surface area contributed by atoms with Crippen molar-refractivity contribution in [2.75, 3.05) is 12.3 Å². The fourth-order valence-electron chi connectivity index (χ4n) is 1.13. The maximum absolute atomic E-state index is 11.9. The molecule has 1 aromatic carbocycles. The van der Waals surface area contributed by atoms with Crippen LogP contribution in [0.1, 0.15) is 10.4 Å². The molecule has 3 N–H and O–H groups in total. The Morgan fingerprint density at radius 2 is 2.06 bits per heavy atom. The summed E-state index contributed by atoms with van der Waals surface area (Å²) in [5.74, 6) is -1.12. The molecule has 1 aromatic rings. The molecule has 0 atom stereocenters. The average molecular weight is 263 g/mol. The van der Waals surface area contributed by atoms with Gasteiger partial charge < -0.3 is 11.1 Å². The molecular weight excluding hydrogens is 255 g/mol. The Balaban J connectivity index is 2.91. The van der Waals surface area contributed by atoms with Crippen LogP contribution in [0.2, 0.25) is 0 Å². The Bertz CT molecular complexity index is 488. The maximum Gasteiger partial charge on any atom is 0.405 e. The van der Waals surface area contributed by atoms with Gasteiger partial charge in [0.2, 0.25) is 0 Å². The lowest BCUT2D eigenvalue weighted by Gasteiger charge is -2.09. The molecule has 98 valence electrons. The molecule has 1 rings (SSSR count). The lowest BCUT2D eigenvalue weighted by molar-refractivity contribution is -0.384. The Morgan fingerprint density at radius 1 is 1.44 bits per heavy atom. The number of nitro groups is 1. The van der Waals surface area contributed by atoms with Crippen molar-refractivity contribution in [1.82, 2.24) is 5.32 Å². The number of hydrogen-bond donors (Lipinski definition) is 2. The zero-order chi connectivity index (χ0) is 13.9. The zero-order valence-electron chi connectivity index (χ0n) is 8.82. The van der Waals surface area contributed by atoms with E-state index in [0.717, 1.165) is 18.2 Å². The van der Waals surface area contributed by atoms with Gasteiger partial charge in [0.15, 0.2) is 0 Å². The Kier molecular flexibility index (Phi) is 3.74. The normalized spacial score (nSPS) is 11.1. The summed E-state index contributed by atoms with van der Waals surface area (Å²) < 4.78 is 35.7. The number of rotatable bonds is 3. The number of carbonyl (C=O) groups is 1. The van der Waals surface area contributed by atoms with Crippen LogP contribution >= 0.6 is 0 Å². The third kappa shape index (κ3) is 3.61. The summed E-state index contributed by atoms with van der Waals surface area (Å²) in [6.45, 7) is -1.53. The molecule has 0 unspecified atom stereocenters. The molecule has 0 spiro atoms. The summed E-state index contributed by atoms with van der Waals surface area (Å²) in [6, 6.07) is 2.96. The van der Waals surface area contributed by atoms with Crippen molar-refractivity contribution >= 4 is 17.3 Å². The number of benzene rings is 1. The number of nitrogens with zero attached hydrogens (tertiary/aromatic N) is 1. The monoisotopic (exact) mass is 263 g/mol. The second-order valence-corrected chi connectivity index (χ2v) is 3.33. The lowest BCUT2D eigenvalue weighted by atomic mass is 10.1. The van der Waals surface area contributed by atoms with Gasteiger partial charge in [-0.05, 0) is 6.07 Å². The highest BCUT2D eigenvalue weighted by Gasteiger charge is 2.28. The largest absolute Gasteiger partial charge is 0.405 e. The van der Waals surface area contributed by atoms with Gasteiger partial charge in [-0.1, -0.05) is 0 Å². The van der Waals surface area contributed by atoms with E-state index in [0.29, 0.717) is 0 Å². The smallest absolute Gasteiger partial charge is 0.398 e. The number of anilines is 1. The molecule has 0 saturated carbocycles. The quantitative estimate of drug-likeness (QED) is 0.490. The van der Waals surface area contributed by atoms with E-state index in [1.54, 1.807) is 5.32 Å². The molecule has 0 saturated heterocycles. The van der Waals surface area contributed by atoms with Gasteiger partial charge >= 0.3 is 6.18 Å².